The molecule has 2 aromatic carbocycles. The minimum Gasteiger partial charge on any atom is -0.492 e. The van der Waals surface area contributed by atoms with Gasteiger partial charge in [-0.2, -0.15) is 0 Å². The lowest BCUT2D eigenvalue weighted by Gasteiger charge is -2.24. The topological polar surface area (TPSA) is 64.3 Å². The number of para-hydroxylation sites is 1. The van der Waals surface area contributed by atoms with Crippen molar-refractivity contribution >= 4 is 33.2 Å². The zero-order valence-electron chi connectivity index (χ0n) is 11.3. The highest BCUT2D eigenvalue weighted by Crippen LogP contribution is 2.28. The molecule has 1 atom stereocenters. The van der Waals surface area contributed by atoms with E-state index in [-0.39, 0.29) is 11.8 Å². The summed E-state index contributed by atoms with van der Waals surface area (Å²) in [6.07, 6.45) is 0.689. The molecule has 3 rings (SSSR count). The maximum absolute atomic E-state index is 12.3. The molecule has 21 heavy (non-hydrogen) atoms. The first kappa shape index (κ1) is 13.9. The fourth-order valence-electron chi connectivity index (χ4n) is 2.36. The van der Waals surface area contributed by atoms with Crippen molar-refractivity contribution in [3.63, 3.8) is 0 Å². The summed E-state index contributed by atoms with van der Waals surface area (Å²) in [5, 5.41) is 2.89. The van der Waals surface area contributed by atoms with Gasteiger partial charge in [-0.1, -0.05) is 18.2 Å². The van der Waals surface area contributed by atoms with Crippen molar-refractivity contribution in [3.8, 4) is 5.75 Å². The van der Waals surface area contributed by atoms with E-state index in [1.165, 1.54) is 0 Å². The highest BCUT2D eigenvalue weighted by Gasteiger charge is 2.25. The normalized spacial score (nSPS) is 16.7. The standard InChI is InChI=1S/C16H15BrN2O2/c17-13-6-5-12(8-14(13)18)19-16(20)11-7-10-3-1-2-4-15(10)21-9-11/h1-6,8,11H,7,9,18H2,(H,19,20). The molecule has 1 amide bonds. The predicted octanol–water partition coefficient (Wildman–Crippen LogP) is 3.22. The van der Waals surface area contributed by atoms with Gasteiger partial charge < -0.3 is 15.8 Å². The monoisotopic (exact) mass is 346 g/mol. The molecular weight excluding hydrogens is 332 g/mol. The number of amides is 1. The minimum atomic E-state index is -0.190. The van der Waals surface area contributed by atoms with Gasteiger partial charge in [0.25, 0.3) is 0 Å². The van der Waals surface area contributed by atoms with Crippen LogP contribution in [-0.4, -0.2) is 12.5 Å². The van der Waals surface area contributed by atoms with Crippen molar-refractivity contribution in [2.75, 3.05) is 17.7 Å². The molecule has 1 aliphatic heterocycles. The SMILES string of the molecule is Nc1cc(NC(=O)C2COc3ccccc3C2)ccc1Br. The Balaban J connectivity index is 1.70. The van der Waals surface area contributed by atoms with Crippen molar-refractivity contribution in [2.24, 2.45) is 5.92 Å². The number of benzene rings is 2. The lowest BCUT2D eigenvalue weighted by Crippen LogP contribution is -2.32. The van der Waals surface area contributed by atoms with Crippen LogP contribution >= 0.6 is 15.9 Å². The Morgan fingerprint density at radius 1 is 1.29 bits per heavy atom. The van der Waals surface area contributed by atoms with Crippen LogP contribution in [0.25, 0.3) is 0 Å². The summed E-state index contributed by atoms with van der Waals surface area (Å²) < 4.78 is 6.46. The fourth-order valence-corrected chi connectivity index (χ4v) is 2.61. The van der Waals surface area contributed by atoms with Crippen LogP contribution in [0.5, 0.6) is 5.75 Å². The second kappa shape index (κ2) is 5.77. The van der Waals surface area contributed by atoms with Crippen molar-refractivity contribution in [3.05, 3.63) is 52.5 Å². The van der Waals surface area contributed by atoms with E-state index in [1.54, 1.807) is 6.07 Å². The smallest absolute Gasteiger partial charge is 0.231 e. The number of anilines is 2. The van der Waals surface area contributed by atoms with Gasteiger partial charge >= 0.3 is 0 Å². The van der Waals surface area contributed by atoms with Gasteiger partial charge in [0.1, 0.15) is 12.4 Å². The molecule has 1 unspecified atom stereocenters. The summed E-state index contributed by atoms with van der Waals surface area (Å²) in [5.41, 5.74) is 8.17. The number of carbonyl (C=O) groups is 1. The summed E-state index contributed by atoms with van der Waals surface area (Å²) in [4.78, 5) is 12.3. The van der Waals surface area contributed by atoms with E-state index in [0.29, 0.717) is 24.4 Å². The minimum absolute atomic E-state index is 0.0498. The highest BCUT2D eigenvalue weighted by atomic mass is 79.9. The summed E-state index contributed by atoms with van der Waals surface area (Å²) in [7, 11) is 0. The number of nitrogens with one attached hydrogen (secondary N) is 1. The number of nitrogens with two attached hydrogens (primary N) is 1. The fraction of sp³-hybridized carbons (Fsp3) is 0.188. The van der Waals surface area contributed by atoms with Gasteiger partial charge in [0.2, 0.25) is 5.91 Å². The van der Waals surface area contributed by atoms with Crippen LogP contribution < -0.4 is 15.8 Å². The molecule has 0 bridgehead atoms. The average molecular weight is 347 g/mol. The zero-order chi connectivity index (χ0) is 14.8. The Morgan fingerprint density at radius 2 is 2.10 bits per heavy atom. The Labute approximate surface area is 131 Å². The lowest BCUT2D eigenvalue weighted by atomic mass is 9.96. The van der Waals surface area contributed by atoms with Crippen molar-refractivity contribution in [1.29, 1.82) is 0 Å². The third-order valence-electron chi connectivity index (χ3n) is 3.51. The molecule has 0 aromatic heterocycles. The molecule has 4 nitrogen and oxygen atoms in total. The summed E-state index contributed by atoms with van der Waals surface area (Å²) in [6.45, 7) is 0.398. The summed E-state index contributed by atoms with van der Waals surface area (Å²) in [6, 6.07) is 13.2. The molecule has 0 fully saturated rings. The Morgan fingerprint density at radius 3 is 2.90 bits per heavy atom. The maximum atomic E-state index is 12.3. The van der Waals surface area contributed by atoms with E-state index in [1.807, 2.05) is 36.4 Å². The van der Waals surface area contributed by atoms with Crippen LogP contribution in [0.4, 0.5) is 11.4 Å². The molecule has 1 heterocycles. The van der Waals surface area contributed by atoms with Gasteiger partial charge in [0, 0.05) is 15.8 Å². The molecule has 0 saturated carbocycles. The Hall–Kier alpha value is -2.01. The van der Waals surface area contributed by atoms with Gasteiger partial charge in [-0.05, 0) is 52.2 Å². The molecule has 0 radical (unpaired) electrons. The second-order valence-corrected chi connectivity index (χ2v) is 5.90. The molecule has 3 N–H and O–H groups in total. The van der Waals surface area contributed by atoms with Crippen molar-refractivity contribution < 1.29 is 9.53 Å². The van der Waals surface area contributed by atoms with Crippen LogP contribution in [0.15, 0.2) is 46.9 Å². The summed E-state index contributed by atoms with van der Waals surface area (Å²) >= 11 is 3.33. The molecular formula is C16H15BrN2O2. The number of hydrogen-bond donors (Lipinski definition) is 2. The number of rotatable bonds is 2. The average Bonchev–Trinajstić information content (AvgIpc) is 2.50. The zero-order valence-corrected chi connectivity index (χ0v) is 12.9. The van der Waals surface area contributed by atoms with E-state index >= 15 is 0 Å². The van der Waals surface area contributed by atoms with Crippen LogP contribution in [0.2, 0.25) is 0 Å². The number of hydrogen-bond acceptors (Lipinski definition) is 3. The third kappa shape index (κ3) is 3.03. The van der Waals surface area contributed by atoms with E-state index in [4.69, 9.17) is 10.5 Å². The molecule has 108 valence electrons. The maximum Gasteiger partial charge on any atom is 0.231 e. The van der Waals surface area contributed by atoms with Crippen molar-refractivity contribution in [2.45, 2.75) is 6.42 Å². The molecule has 0 saturated heterocycles. The number of halogens is 1. The quantitative estimate of drug-likeness (QED) is 0.820. The number of carbonyl (C=O) groups excluding carboxylic acids is 1. The summed E-state index contributed by atoms with van der Waals surface area (Å²) in [5.74, 6) is 0.630. The largest absolute Gasteiger partial charge is 0.492 e. The molecule has 5 heteroatoms. The first-order valence-corrected chi connectivity index (χ1v) is 7.49. The van der Waals surface area contributed by atoms with Crippen molar-refractivity contribution in [1.82, 2.24) is 0 Å². The number of fused-ring (bicyclic) bond motifs is 1. The molecule has 0 spiro atoms. The Kier molecular flexibility index (Phi) is 3.84. The van der Waals surface area contributed by atoms with E-state index < -0.39 is 0 Å². The van der Waals surface area contributed by atoms with Gasteiger partial charge in [-0.25, -0.2) is 0 Å². The predicted molar refractivity (Wildman–Crippen MR) is 86.3 cm³/mol. The molecule has 1 aliphatic rings. The first-order valence-electron chi connectivity index (χ1n) is 6.70. The van der Waals surface area contributed by atoms with Crippen LogP contribution in [0, 0.1) is 5.92 Å². The Bertz CT molecular complexity index is 688. The van der Waals surface area contributed by atoms with E-state index in [9.17, 15) is 4.79 Å². The van der Waals surface area contributed by atoms with Crippen LogP contribution in [-0.2, 0) is 11.2 Å². The number of ether oxygens (including phenoxy) is 1. The van der Waals surface area contributed by atoms with Crippen LogP contribution in [0.1, 0.15) is 5.56 Å². The first-order chi connectivity index (χ1) is 10.1. The van der Waals surface area contributed by atoms with Gasteiger partial charge in [0.15, 0.2) is 0 Å². The van der Waals surface area contributed by atoms with Crippen LogP contribution in [0.3, 0.4) is 0 Å². The molecule has 0 aliphatic carbocycles. The lowest BCUT2D eigenvalue weighted by molar-refractivity contribution is -0.121. The van der Waals surface area contributed by atoms with Gasteiger partial charge in [0.05, 0.1) is 5.92 Å². The highest BCUT2D eigenvalue weighted by molar-refractivity contribution is 9.10. The van der Waals surface area contributed by atoms with Gasteiger partial charge in [-0.15, -0.1) is 0 Å². The van der Waals surface area contributed by atoms with E-state index in [2.05, 4.69) is 21.2 Å². The van der Waals surface area contributed by atoms with Gasteiger partial charge in [-0.3, -0.25) is 4.79 Å². The van der Waals surface area contributed by atoms with E-state index in [0.717, 1.165) is 15.8 Å². The third-order valence-corrected chi connectivity index (χ3v) is 4.24. The molecule has 2 aromatic rings. The number of nitrogen functional groups attached to an aromatic ring is 1. The second-order valence-electron chi connectivity index (χ2n) is 5.05.